The van der Waals surface area contributed by atoms with E-state index in [1.54, 1.807) is 15.9 Å². The Morgan fingerprint density at radius 1 is 1.30 bits per heavy atom. The second-order valence-electron chi connectivity index (χ2n) is 7.67. The number of rotatable bonds is 5. The lowest BCUT2D eigenvalue weighted by Crippen LogP contribution is -2.40. The summed E-state index contributed by atoms with van der Waals surface area (Å²) in [6.07, 6.45) is 1.60. The molecule has 0 radical (unpaired) electrons. The Morgan fingerprint density at radius 2 is 2.04 bits per heavy atom. The molecular weight excluding hydrogens is 364 g/mol. The maximum absolute atomic E-state index is 13.0. The first-order chi connectivity index (χ1) is 12.7. The van der Waals surface area contributed by atoms with Gasteiger partial charge in [0.1, 0.15) is 5.82 Å². The van der Waals surface area contributed by atoms with Crippen LogP contribution in [0, 0.1) is 6.92 Å². The Kier molecular flexibility index (Phi) is 5.58. The predicted octanol–water partition coefficient (Wildman–Crippen LogP) is 2.18. The molecule has 2 aromatic rings. The van der Waals surface area contributed by atoms with Crippen molar-refractivity contribution < 1.29 is 8.42 Å². The third kappa shape index (κ3) is 4.16. The second-order valence-corrected chi connectivity index (χ2v) is 9.64. The molecule has 0 bridgehead atoms. The van der Waals surface area contributed by atoms with Gasteiger partial charge in [0, 0.05) is 32.1 Å². The van der Waals surface area contributed by atoms with Gasteiger partial charge in [-0.2, -0.15) is 5.10 Å². The lowest BCUT2D eigenvalue weighted by Gasteiger charge is -2.32. The number of hydrogen-bond acceptors (Lipinski definition) is 4. The van der Waals surface area contributed by atoms with Gasteiger partial charge in [-0.05, 0) is 39.2 Å². The zero-order valence-corrected chi connectivity index (χ0v) is 17.2. The lowest BCUT2D eigenvalue weighted by molar-refractivity contribution is 0.301. The average Bonchev–Trinajstić information content (AvgIpc) is 2.90. The SMILES string of the molecule is Cc1cccc(CS(=O)(=O)N2CCCC(c3nn(C)c(=O)n3C(C)C)C2)c1. The molecule has 27 heavy (non-hydrogen) atoms. The van der Waals surface area contributed by atoms with Gasteiger partial charge in [0.25, 0.3) is 0 Å². The van der Waals surface area contributed by atoms with E-state index in [0.29, 0.717) is 18.9 Å². The summed E-state index contributed by atoms with van der Waals surface area (Å²) in [6.45, 7) is 6.74. The van der Waals surface area contributed by atoms with Crippen molar-refractivity contribution >= 4 is 10.0 Å². The van der Waals surface area contributed by atoms with Crippen molar-refractivity contribution in [3.8, 4) is 0 Å². The van der Waals surface area contributed by atoms with Crippen molar-refractivity contribution in [2.45, 2.75) is 51.3 Å². The highest BCUT2D eigenvalue weighted by Gasteiger charge is 2.33. The Balaban J connectivity index is 1.84. The standard InChI is InChI=1S/C19H28N4O3S/c1-14(2)23-18(20-21(4)19(23)24)17-9-6-10-22(12-17)27(25,26)13-16-8-5-7-15(3)11-16/h5,7-8,11,14,17H,6,9-10,12-13H2,1-4H3. The molecule has 0 spiro atoms. The molecule has 1 aliphatic heterocycles. The molecule has 148 valence electrons. The van der Waals surface area contributed by atoms with Crippen molar-refractivity contribution in [2.24, 2.45) is 7.05 Å². The van der Waals surface area contributed by atoms with Gasteiger partial charge in [-0.15, -0.1) is 0 Å². The smallest absolute Gasteiger partial charge is 0.276 e. The molecule has 1 unspecified atom stereocenters. The maximum atomic E-state index is 13.0. The van der Waals surface area contributed by atoms with Crippen LogP contribution in [0.4, 0.5) is 0 Å². The molecular formula is C19H28N4O3S. The minimum atomic E-state index is -3.42. The maximum Gasteiger partial charge on any atom is 0.345 e. The van der Waals surface area contributed by atoms with Gasteiger partial charge in [0.15, 0.2) is 0 Å². The van der Waals surface area contributed by atoms with E-state index in [9.17, 15) is 13.2 Å². The Bertz CT molecular complexity index is 975. The van der Waals surface area contributed by atoms with Crippen LogP contribution in [-0.2, 0) is 22.8 Å². The van der Waals surface area contributed by atoms with E-state index in [0.717, 1.165) is 24.0 Å². The number of benzene rings is 1. The molecule has 0 aliphatic carbocycles. The van der Waals surface area contributed by atoms with Crippen LogP contribution in [0.2, 0.25) is 0 Å². The molecule has 8 heteroatoms. The summed E-state index contributed by atoms with van der Waals surface area (Å²) in [7, 11) is -1.78. The van der Waals surface area contributed by atoms with Crippen LogP contribution in [0.1, 0.15) is 55.6 Å². The van der Waals surface area contributed by atoms with Gasteiger partial charge in [-0.1, -0.05) is 29.8 Å². The fourth-order valence-electron chi connectivity index (χ4n) is 3.77. The summed E-state index contributed by atoms with van der Waals surface area (Å²) in [6, 6.07) is 7.59. The van der Waals surface area contributed by atoms with Gasteiger partial charge in [-0.25, -0.2) is 22.2 Å². The summed E-state index contributed by atoms with van der Waals surface area (Å²) in [5.41, 5.74) is 1.70. The number of aromatic nitrogens is 3. The van der Waals surface area contributed by atoms with Crippen molar-refractivity contribution in [3.63, 3.8) is 0 Å². The number of hydrogen-bond donors (Lipinski definition) is 0. The van der Waals surface area contributed by atoms with Crippen LogP contribution in [-0.4, -0.2) is 40.2 Å². The van der Waals surface area contributed by atoms with E-state index in [2.05, 4.69) is 5.10 Å². The average molecular weight is 393 g/mol. The predicted molar refractivity (Wildman–Crippen MR) is 105 cm³/mol. The van der Waals surface area contributed by atoms with E-state index in [-0.39, 0.29) is 23.4 Å². The normalized spacial score (nSPS) is 18.9. The number of piperidine rings is 1. The first kappa shape index (κ1) is 19.8. The van der Waals surface area contributed by atoms with Crippen LogP contribution in [0.3, 0.4) is 0 Å². The van der Waals surface area contributed by atoms with E-state index in [1.165, 1.54) is 4.68 Å². The molecule has 1 aromatic heterocycles. The largest absolute Gasteiger partial charge is 0.345 e. The highest BCUT2D eigenvalue weighted by molar-refractivity contribution is 7.88. The lowest BCUT2D eigenvalue weighted by atomic mass is 9.98. The van der Waals surface area contributed by atoms with Gasteiger partial charge in [0.2, 0.25) is 10.0 Å². The highest BCUT2D eigenvalue weighted by atomic mass is 32.2. The zero-order chi connectivity index (χ0) is 19.8. The molecule has 0 amide bonds. The van der Waals surface area contributed by atoms with Crippen molar-refractivity contribution in [3.05, 3.63) is 51.7 Å². The molecule has 1 aliphatic rings. The molecule has 7 nitrogen and oxygen atoms in total. The summed E-state index contributed by atoms with van der Waals surface area (Å²) >= 11 is 0. The fourth-order valence-corrected chi connectivity index (χ4v) is 5.37. The van der Waals surface area contributed by atoms with Crippen molar-refractivity contribution in [2.75, 3.05) is 13.1 Å². The Labute approximate surface area is 160 Å². The monoisotopic (exact) mass is 392 g/mol. The van der Waals surface area contributed by atoms with Crippen molar-refractivity contribution in [1.82, 2.24) is 18.7 Å². The van der Waals surface area contributed by atoms with Gasteiger partial charge < -0.3 is 0 Å². The van der Waals surface area contributed by atoms with E-state index < -0.39 is 10.0 Å². The molecule has 1 aromatic carbocycles. The Hall–Kier alpha value is -1.93. The van der Waals surface area contributed by atoms with Crippen LogP contribution in [0.5, 0.6) is 0 Å². The number of sulfonamides is 1. The second kappa shape index (κ2) is 7.59. The molecule has 1 atom stereocenters. The topological polar surface area (TPSA) is 77.2 Å². The Morgan fingerprint density at radius 3 is 2.70 bits per heavy atom. The highest BCUT2D eigenvalue weighted by Crippen LogP contribution is 2.28. The minimum Gasteiger partial charge on any atom is -0.276 e. The first-order valence-electron chi connectivity index (χ1n) is 9.38. The molecule has 3 rings (SSSR count). The summed E-state index contributed by atoms with van der Waals surface area (Å²) in [5, 5.41) is 4.41. The molecule has 0 N–H and O–H groups in total. The molecule has 1 fully saturated rings. The summed E-state index contributed by atoms with van der Waals surface area (Å²) < 4.78 is 30.5. The third-order valence-electron chi connectivity index (χ3n) is 5.07. The van der Waals surface area contributed by atoms with E-state index in [1.807, 2.05) is 45.0 Å². The molecule has 0 saturated carbocycles. The van der Waals surface area contributed by atoms with Gasteiger partial charge >= 0.3 is 5.69 Å². The van der Waals surface area contributed by atoms with E-state index in [4.69, 9.17) is 0 Å². The van der Waals surface area contributed by atoms with Crippen molar-refractivity contribution in [1.29, 1.82) is 0 Å². The quantitative estimate of drug-likeness (QED) is 0.781. The minimum absolute atomic E-state index is 0.000600. The first-order valence-corrected chi connectivity index (χ1v) is 11.0. The summed E-state index contributed by atoms with van der Waals surface area (Å²) in [4.78, 5) is 12.4. The number of nitrogens with zero attached hydrogens (tertiary/aromatic N) is 4. The van der Waals surface area contributed by atoms with E-state index >= 15 is 0 Å². The third-order valence-corrected chi connectivity index (χ3v) is 6.89. The van der Waals surface area contributed by atoms with Crippen LogP contribution >= 0.6 is 0 Å². The molecule has 1 saturated heterocycles. The molecule has 2 heterocycles. The van der Waals surface area contributed by atoms with Crippen LogP contribution < -0.4 is 5.69 Å². The van der Waals surface area contributed by atoms with Crippen LogP contribution in [0.25, 0.3) is 0 Å². The van der Waals surface area contributed by atoms with Gasteiger partial charge in [0.05, 0.1) is 5.75 Å². The fraction of sp³-hybridized carbons (Fsp3) is 0.579. The summed E-state index contributed by atoms with van der Waals surface area (Å²) in [5.74, 6) is 0.621. The number of aryl methyl sites for hydroxylation is 2. The van der Waals surface area contributed by atoms with Gasteiger partial charge in [-0.3, -0.25) is 4.57 Å². The zero-order valence-electron chi connectivity index (χ0n) is 16.4. The van der Waals surface area contributed by atoms with Crippen LogP contribution in [0.15, 0.2) is 29.1 Å².